The van der Waals surface area contributed by atoms with Crippen molar-refractivity contribution in [3.8, 4) is 0 Å². The van der Waals surface area contributed by atoms with E-state index in [1.54, 1.807) is 0 Å². The van der Waals surface area contributed by atoms with Crippen molar-refractivity contribution >= 4 is 11.7 Å². The van der Waals surface area contributed by atoms with Crippen LogP contribution in [0.4, 0.5) is 19.0 Å². The van der Waals surface area contributed by atoms with Gasteiger partial charge in [0.15, 0.2) is 0 Å². The Morgan fingerprint density at radius 1 is 1.48 bits per heavy atom. The highest BCUT2D eigenvalue weighted by Gasteiger charge is 2.33. The second kappa shape index (κ2) is 6.30. The molecule has 0 radical (unpaired) electrons. The number of nitrogens with one attached hydrogen (secondary N) is 1. The Hall–Kier alpha value is -1.83. The highest BCUT2D eigenvalue weighted by Crippen LogP contribution is 2.29. The third-order valence-electron chi connectivity index (χ3n) is 3.26. The van der Waals surface area contributed by atoms with Gasteiger partial charge in [-0.05, 0) is 30.9 Å². The normalized spacial score (nSPS) is 19.3. The monoisotopic (exact) mass is 303 g/mol. The second-order valence-electron chi connectivity index (χ2n) is 4.92. The number of aromatic nitrogens is 1. The summed E-state index contributed by atoms with van der Waals surface area (Å²) in [6.45, 7) is 1.62. The maximum atomic E-state index is 12.7. The predicted molar refractivity (Wildman–Crippen MR) is 69.8 cm³/mol. The molecule has 0 aromatic carbocycles. The number of rotatable bonds is 4. The lowest BCUT2D eigenvalue weighted by molar-refractivity contribution is -0.141. The van der Waals surface area contributed by atoms with Crippen molar-refractivity contribution in [2.75, 3.05) is 25.1 Å². The minimum Gasteiger partial charge on any atom is -0.381 e. The molecule has 1 fully saturated rings. The van der Waals surface area contributed by atoms with Gasteiger partial charge in [0.2, 0.25) is 0 Å². The van der Waals surface area contributed by atoms with Gasteiger partial charge in [-0.25, -0.2) is 4.98 Å². The fourth-order valence-corrected chi connectivity index (χ4v) is 2.16. The number of nitrogens with two attached hydrogens (primary N) is 1. The van der Waals surface area contributed by atoms with Crippen molar-refractivity contribution in [3.63, 3.8) is 0 Å². The van der Waals surface area contributed by atoms with E-state index >= 15 is 0 Å². The number of amides is 1. The molecule has 8 heteroatoms. The van der Waals surface area contributed by atoms with Crippen molar-refractivity contribution in [1.82, 2.24) is 4.98 Å². The molecule has 1 aromatic heterocycles. The minimum atomic E-state index is -4.57. The smallest absolute Gasteiger partial charge is 0.381 e. The molecule has 0 aliphatic carbocycles. The zero-order chi connectivity index (χ0) is 15.5. The Balaban J connectivity index is 2.16. The van der Waals surface area contributed by atoms with Gasteiger partial charge in [0, 0.05) is 13.2 Å². The van der Waals surface area contributed by atoms with E-state index in [9.17, 15) is 18.0 Å². The number of primary amides is 1. The van der Waals surface area contributed by atoms with Crippen molar-refractivity contribution in [1.29, 1.82) is 0 Å². The quantitative estimate of drug-likeness (QED) is 0.892. The molecule has 1 amide bonds. The molecule has 1 aliphatic heterocycles. The number of carbonyl (C=O) groups excluding carboxylic acids is 1. The maximum absolute atomic E-state index is 12.7. The van der Waals surface area contributed by atoms with Crippen molar-refractivity contribution in [2.24, 2.45) is 11.7 Å². The standard InChI is InChI=1S/C13H16F3N3O2/c14-13(15,16)10-4-3-9(11(17)20)12(19-10)18-6-8-2-1-5-21-7-8/h3-4,8H,1-2,5-7H2,(H2,17,20)(H,18,19). The summed E-state index contributed by atoms with van der Waals surface area (Å²) < 4.78 is 43.3. The van der Waals surface area contributed by atoms with Crippen molar-refractivity contribution in [3.05, 3.63) is 23.4 Å². The lowest BCUT2D eigenvalue weighted by Gasteiger charge is -2.23. The van der Waals surface area contributed by atoms with Crippen LogP contribution in [-0.2, 0) is 10.9 Å². The number of pyridine rings is 1. The molecule has 1 saturated heterocycles. The molecule has 3 N–H and O–H groups in total. The van der Waals surface area contributed by atoms with Gasteiger partial charge in [0.25, 0.3) is 5.91 Å². The van der Waals surface area contributed by atoms with Crippen LogP contribution in [0.15, 0.2) is 12.1 Å². The summed E-state index contributed by atoms with van der Waals surface area (Å²) in [6.07, 6.45) is -2.75. The molecule has 1 aromatic rings. The van der Waals surface area contributed by atoms with Gasteiger partial charge in [-0.3, -0.25) is 4.79 Å². The molecular weight excluding hydrogens is 287 g/mol. The van der Waals surface area contributed by atoms with Crippen LogP contribution >= 0.6 is 0 Å². The zero-order valence-corrected chi connectivity index (χ0v) is 11.2. The highest BCUT2D eigenvalue weighted by molar-refractivity contribution is 5.97. The van der Waals surface area contributed by atoms with Crippen LogP contribution in [0.3, 0.4) is 0 Å². The molecule has 0 spiro atoms. The Morgan fingerprint density at radius 2 is 2.24 bits per heavy atom. The van der Waals surface area contributed by atoms with E-state index in [0.717, 1.165) is 25.0 Å². The summed E-state index contributed by atoms with van der Waals surface area (Å²) in [6, 6.07) is 1.78. The molecule has 1 atom stereocenters. The predicted octanol–water partition coefficient (Wildman–Crippen LogP) is 2.04. The number of alkyl halides is 3. The molecular formula is C13H16F3N3O2. The number of hydrogen-bond donors (Lipinski definition) is 2. The van der Waals surface area contributed by atoms with Crippen LogP contribution in [0, 0.1) is 5.92 Å². The topological polar surface area (TPSA) is 77.2 Å². The van der Waals surface area contributed by atoms with Gasteiger partial charge in [-0.1, -0.05) is 0 Å². The number of anilines is 1. The summed E-state index contributed by atoms with van der Waals surface area (Å²) >= 11 is 0. The van der Waals surface area contributed by atoms with E-state index in [1.165, 1.54) is 0 Å². The summed E-state index contributed by atoms with van der Waals surface area (Å²) in [5, 5.41) is 2.78. The van der Waals surface area contributed by atoms with Gasteiger partial charge in [0.05, 0.1) is 12.2 Å². The first-order valence-electron chi connectivity index (χ1n) is 6.57. The van der Waals surface area contributed by atoms with E-state index < -0.39 is 17.8 Å². The Kier molecular flexibility index (Phi) is 4.66. The Labute approximate surface area is 119 Å². The summed E-state index contributed by atoms with van der Waals surface area (Å²) in [5.41, 5.74) is 4.04. The molecule has 5 nitrogen and oxygen atoms in total. The van der Waals surface area contributed by atoms with E-state index in [4.69, 9.17) is 10.5 Å². The maximum Gasteiger partial charge on any atom is 0.433 e. The number of hydrogen-bond acceptors (Lipinski definition) is 4. The van der Waals surface area contributed by atoms with Crippen molar-refractivity contribution in [2.45, 2.75) is 19.0 Å². The van der Waals surface area contributed by atoms with Gasteiger partial charge in [-0.15, -0.1) is 0 Å². The molecule has 1 aliphatic rings. The van der Waals surface area contributed by atoms with Gasteiger partial charge >= 0.3 is 6.18 Å². The van der Waals surface area contributed by atoms with Gasteiger partial charge < -0.3 is 15.8 Å². The van der Waals surface area contributed by atoms with Crippen LogP contribution in [0.25, 0.3) is 0 Å². The van der Waals surface area contributed by atoms with Crippen LogP contribution in [-0.4, -0.2) is 30.6 Å². The van der Waals surface area contributed by atoms with Crippen LogP contribution in [0.1, 0.15) is 28.9 Å². The largest absolute Gasteiger partial charge is 0.433 e. The van der Waals surface area contributed by atoms with Crippen LogP contribution in [0.2, 0.25) is 0 Å². The minimum absolute atomic E-state index is 0.0558. The van der Waals surface area contributed by atoms with E-state index in [0.29, 0.717) is 19.8 Å². The van der Waals surface area contributed by atoms with E-state index in [2.05, 4.69) is 10.3 Å². The Morgan fingerprint density at radius 3 is 2.81 bits per heavy atom. The van der Waals surface area contributed by atoms with Gasteiger partial charge in [0.1, 0.15) is 11.5 Å². The molecule has 1 unspecified atom stereocenters. The first kappa shape index (κ1) is 15.6. The van der Waals surface area contributed by atoms with Crippen LogP contribution < -0.4 is 11.1 Å². The fraction of sp³-hybridized carbons (Fsp3) is 0.538. The fourth-order valence-electron chi connectivity index (χ4n) is 2.16. The number of nitrogens with zero attached hydrogens (tertiary/aromatic N) is 1. The first-order chi connectivity index (χ1) is 9.88. The number of halogens is 3. The van der Waals surface area contributed by atoms with Gasteiger partial charge in [-0.2, -0.15) is 13.2 Å². The number of ether oxygens (including phenoxy) is 1. The lowest BCUT2D eigenvalue weighted by atomic mass is 10.0. The molecule has 21 heavy (non-hydrogen) atoms. The summed E-state index contributed by atoms with van der Waals surface area (Å²) in [7, 11) is 0. The van der Waals surface area contributed by atoms with E-state index in [1.807, 2.05) is 0 Å². The first-order valence-corrected chi connectivity index (χ1v) is 6.57. The molecule has 2 rings (SSSR count). The average molecular weight is 303 g/mol. The lowest BCUT2D eigenvalue weighted by Crippen LogP contribution is -2.26. The zero-order valence-electron chi connectivity index (χ0n) is 11.2. The second-order valence-corrected chi connectivity index (χ2v) is 4.92. The third-order valence-corrected chi connectivity index (χ3v) is 3.26. The SMILES string of the molecule is NC(=O)c1ccc(C(F)(F)F)nc1NCC1CCCOC1. The third kappa shape index (κ3) is 4.07. The molecule has 2 heterocycles. The van der Waals surface area contributed by atoms with E-state index in [-0.39, 0.29) is 17.3 Å². The van der Waals surface area contributed by atoms with Crippen LogP contribution in [0.5, 0.6) is 0 Å². The average Bonchev–Trinajstić information content (AvgIpc) is 2.45. The molecule has 0 saturated carbocycles. The summed E-state index contributed by atoms with van der Waals surface area (Å²) in [5.74, 6) is -0.780. The van der Waals surface area contributed by atoms with Crippen molar-refractivity contribution < 1.29 is 22.7 Å². The Bertz CT molecular complexity index is 514. The molecule has 116 valence electrons. The summed E-state index contributed by atoms with van der Waals surface area (Å²) in [4.78, 5) is 14.7. The number of carbonyl (C=O) groups is 1. The molecule has 0 bridgehead atoms. The highest BCUT2D eigenvalue weighted by atomic mass is 19.4.